The van der Waals surface area contributed by atoms with Crippen LogP contribution in [0.1, 0.15) is 67.6 Å². The Hall–Kier alpha value is -3.87. The van der Waals surface area contributed by atoms with E-state index in [0.29, 0.717) is 28.3 Å². The van der Waals surface area contributed by atoms with Crippen LogP contribution in [0.3, 0.4) is 0 Å². The fourth-order valence-corrected chi connectivity index (χ4v) is 5.07. The summed E-state index contributed by atoms with van der Waals surface area (Å²) in [6, 6.07) is 8.74. The number of ether oxygens (including phenoxy) is 1. The highest BCUT2D eigenvalue weighted by atomic mass is 32.3. The van der Waals surface area contributed by atoms with Gasteiger partial charge in [0, 0.05) is 18.2 Å². The first-order valence-corrected chi connectivity index (χ1v) is 15.3. The summed E-state index contributed by atoms with van der Waals surface area (Å²) in [5.41, 5.74) is 10.7. The first kappa shape index (κ1) is 31.7. The summed E-state index contributed by atoms with van der Waals surface area (Å²) in [5, 5.41) is 4.31. The lowest BCUT2D eigenvalue weighted by Gasteiger charge is -2.23. The van der Waals surface area contributed by atoms with Gasteiger partial charge >= 0.3 is 10.4 Å². The molecule has 1 heterocycles. The molecule has 3 rings (SSSR count). The topological polar surface area (TPSA) is 163 Å². The number of carbonyl (C=O) groups is 1. The van der Waals surface area contributed by atoms with E-state index in [9.17, 15) is 13.6 Å². The number of aromatic nitrogens is 2. The lowest BCUT2D eigenvalue weighted by Crippen LogP contribution is -2.40. The molecule has 0 saturated carbocycles. The van der Waals surface area contributed by atoms with Gasteiger partial charge in [-0.3, -0.25) is 9.80 Å². The minimum Gasteiger partial charge on any atom is -0.492 e. The predicted octanol–water partition coefficient (Wildman–Crippen LogP) is 4.32. The average molecular weight is 586 g/mol. The molecule has 41 heavy (non-hydrogen) atoms. The third-order valence-electron chi connectivity index (χ3n) is 6.67. The second-order valence-electron chi connectivity index (χ2n) is 10.9. The second kappa shape index (κ2) is 12.3. The summed E-state index contributed by atoms with van der Waals surface area (Å²) >= 11 is 0. The summed E-state index contributed by atoms with van der Waals surface area (Å²) < 4.78 is 32.4. The minimum atomic E-state index is -3.36. The van der Waals surface area contributed by atoms with Crippen LogP contribution in [0.25, 0.3) is 5.70 Å². The van der Waals surface area contributed by atoms with Crippen LogP contribution in [-0.4, -0.2) is 28.8 Å². The van der Waals surface area contributed by atoms with Crippen LogP contribution in [-0.2, 0) is 33.0 Å². The average Bonchev–Trinajstić information content (AvgIpc) is 3.30. The van der Waals surface area contributed by atoms with Crippen LogP contribution in [0, 0.1) is 6.92 Å². The molecule has 1 amide bonds. The van der Waals surface area contributed by atoms with Gasteiger partial charge in [0.25, 0.3) is 11.7 Å². The number of nitrogens with two attached hydrogens (primary N) is 2. The standard InChI is InChI=1S/C29H41N7O4S/c1-9-26-32-16-25(35(26)10-2)21(30)17-36(31)24-13-19(12-11-18(24)3)28(37)33-22-14-20(29(4,5)6)15-23(27(22)40-7)34-41(8,38)39/h11-17H,9-10,30-31H2,1-8H3,(H2-,33,34,37,38,39)/p+2/b21-17-. The summed E-state index contributed by atoms with van der Waals surface area (Å²) in [7, 11) is -1.92. The number of methoxy groups -OCH3 is 1. The molecule has 1 aromatic heterocycles. The maximum Gasteiger partial charge on any atom is 0.307 e. The lowest BCUT2D eigenvalue weighted by atomic mass is 9.86. The number of nitrogens with one attached hydrogen (secondary N) is 3. The van der Waals surface area contributed by atoms with Crippen molar-refractivity contribution in [2.75, 3.05) is 28.4 Å². The largest absolute Gasteiger partial charge is 0.492 e. The van der Waals surface area contributed by atoms with Crippen LogP contribution in [0.4, 0.5) is 17.1 Å². The molecule has 0 radical (unpaired) electrons. The van der Waals surface area contributed by atoms with Crippen molar-refractivity contribution in [1.82, 2.24) is 4.98 Å². The van der Waals surface area contributed by atoms with Crippen molar-refractivity contribution in [3.8, 4) is 5.75 Å². The van der Waals surface area contributed by atoms with Gasteiger partial charge in [-0.05, 0) is 58.9 Å². The molecule has 3 aromatic rings. The highest BCUT2D eigenvalue weighted by molar-refractivity contribution is 7.98. The second-order valence-corrected chi connectivity index (χ2v) is 12.7. The summed E-state index contributed by atoms with van der Waals surface area (Å²) in [6.07, 6.45) is 5.49. The van der Waals surface area contributed by atoms with Crippen LogP contribution < -0.4 is 35.9 Å². The Morgan fingerprint density at radius 3 is 2.44 bits per heavy atom. The Morgan fingerprint density at radius 1 is 1.22 bits per heavy atom. The number of aryl methyl sites for hydroxylation is 2. The predicted molar refractivity (Wildman–Crippen MR) is 166 cm³/mol. The number of carbonyl (C=O) groups excluding carboxylic acids is 1. The maximum absolute atomic E-state index is 13.5. The molecular formula is C29H43N7O4S+2. The Kier molecular flexibility index (Phi) is 9.52. The van der Waals surface area contributed by atoms with E-state index in [-0.39, 0.29) is 11.2 Å². The molecule has 0 aliphatic carbocycles. The van der Waals surface area contributed by atoms with Gasteiger partial charge in [0.2, 0.25) is 0 Å². The SMILES string of the molecule is CCc1[nH]cc(/C(N)=C/N(N)c2cc(C(=O)Nc3cc(C(C)(C)C)cc(N[S+](C)(=O)O)c3OC)ccc2C)[n+]1CC. The number of hydrazine groups is 1. The van der Waals surface area contributed by atoms with E-state index < -0.39 is 16.3 Å². The number of imidazole rings is 1. The molecule has 2 aromatic carbocycles. The molecule has 0 bridgehead atoms. The number of hydrogen-bond acceptors (Lipinski definition) is 6. The fourth-order valence-electron chi connectivity index (χ4n) is 4.51. The normalized spacial score (nSPS) is 13.5. The number of amides is 1. The zero-order chi connectivity index (χ0) is 30.7. The molecule has 12 heteroatoms. The number of benzene rings is 2. The molecule has 11 nitrogen and oxygen atoms in total. The van der Waals surface area contributed by atoms with Gasteiger partial charge in [-0.1, -0.05) is 33.8 Å². The van der Waals surface area contributed by atoms with E-state index in [4.69, 9.17) is 16.3 Å². The van der Waals surface area contributed by atoms with E-state index in [1.165, 1.54) is 18.4 Å². The summed E-state index contributed by atoms with van der Waals surface area (Å²) in [4.78, 5) is 16.7. The molecule has 1 unspecified atom stereocenters. The van der Waals surface area contributed by atoms with Gasteiger partial charge in [-0.15, -0.1) is 0 Å². The van der Waals surface area contributed by atoms with Crippen LogP contribution in [0.15, 0.2) is 42.7 Å². The number of rotatable bonds is 10. The Balaban J connectivity index is 1.98. The number of H-pyrrole nitrogens is 1. The quantitative estimate of drug-likeness (QED) is 0.0893. The van der Waals surface area contributed by atoms with Gasteiger partial charge < -0.3 is 15.8 Å². The van der Waals surface area contributed by atoms with E-state index in [1.54, 1.807) is 36.5 Å². The van der Waals surface area contributed by atoms with Crippen molar-refractivity contribution in [2.45, 2.75) is 59.9 Å². The van der Waals surface area contributed by atoms with Crippen LogP contribution >= 0.6 is 0 Å². The minimum absolute atomic E-state index is 0.237. The summed E-state index contributed by atoms with van der Waals surface area (Å²) in [5.74, 6) is 7.31. The first-order chi connectivity index (χ1) is 19.1. The van der Waals surface area contributed by atoms with Gasteiger partial charge in [-0.25, -0.2) is 15.4 Å². The van der Waals surface area contributed by atoms with Crippen molar-refractivity contribution >= 4 is 39.1 Å². The van der Waals surface area contributed by atoms with Gasteiger partial charge in [-0.2, -0.15) is 9.27 Å². The third-order valence-corrected chi connectivity index (χ3v) is 7.27. The van der Waals surface area contributed by atoms with E-state index >= 15 is 0 Å². The first-order valence-electron chi connectivity index (χ1n) is 13.3. The molecule has 0 aliphatic heterocycles. The number of anilines is 3. The van der Waals surface area contributed by atoms with Crippen molar-refractivity contribution in [1.29, 1.82) is 0 Å². The zero-order valence-electron chi connectivity index (χ0n) is 25.1. The lowest BCUT2D eigenvalue weighted by molar-refractivity contribution is -0.701. The van der Waals surface area contributed by atoms with Gasteiger partial charge in [0.1, 0.15) is 17.6 Å². The van der Waals surface area contributed by atoms with Gasteiger partial charge in [0.15, 0.2) is 17.7 Å². The number of aromatic amines is 1. The molecule has 0 aliphatic rings. The molecule has 0 spiro atoms. The fraction of sp³-hybridized carbons (Fsp3) is 0.379. The highest BCUT2D eigenvalue weighted by Gasteiger charge is 2.26. The molecular weight excluding hydrogens is 542 g/mol. The van der Waals surface area contributed by atoms with E-state index in [1.807, 2.05) is 40.8 Å². The summed E-state index contributed by atoms with van der Waals surface area (Å²) in [6.45, 7) is 12.8. The Morgan fingerprint density at radius 2 is 1.88 bits per heavy atom. The maximum atomic E-state index is 13.5. The van der Waals surface area contributed by atoms with Crippen molar-refractivity contribution in [3.05, 3.63) is 70.9 Å². The zero-order valence-corrected chi connectivity index (χ0v) is 25.9. The third kappa shape index (κ3) is 7.46. The van der Waals surface area contributed by atoms with Gasteiger partial charge in [0.05, 0.1) is 25.0 Å². The van der Waals surface area contributed by atoms with E-state index in [0.717, 1.165) is 35.6 Å². The number of hydrogen-bond donors (Lipinski definition) is 6. The molecule has 1 atom stereocenters. The molecule has 8 N–H and O–H groups in total. The smallest absolute Gasteiger partial charge is 0.307 e. The Labute approximate surface area is 243 Å². The Bertz CT molecular complexity index is 1500. The molecule has 0 saturated heterocycles. The van der Waals surface area contributed by atoms with Crippen LogP contribution in [0.2, 0.25) is 0 Å². The van der Waals surface area contributed by atoms with E-state index in [2.05, 4.69) is 26.5 Å². The monoisotopic (exact) mass is 585 g/mol. The molecule has 0 fully saturated rings. The van der Waals surface area contributed by atoms with Crippen molar-refractivity contribution in [2.24, 2.45) is 11.6 Å². The van der Waals surface area contributed by atoms with Crippen LogP contribution in [0.5, 0.6) is 5.75 Å². The van der Waals surface area contributed by atoms with Crippen molar-refractivity contribution in [3.63, 3.8) is 0 Å². The number of nitrogens with zero attached hydrogens (tertiary/aromatic N) is 2. The van der Waals surface area contributed by atoms with Crippen molar-refractivity contribution < 1.29 is 22.9 Å². The highest BCUT2D eigenvalue weighted by Crippen LogP contribution is 2.39. The molecule has 222 valence electrons.